The second-order valence-corrected chi connectivity index (χ2v) is 4.82. The van der Waals surface area contributed by atoms with Crippen LogP contribution in [0, 0.1) is 0 Å². The van der Waals surface area contributed by atoms with Gasteiger partial charge in [-0.2, -0.15) is 0 Å². The van der Waals surface area contributed by atoms with Crippen molar-refractivity contribution in [3.63, 3.8) is 0 Å². The number of rotatable bonds is 7. The molecule has 0 spiro atoms. The van der Waals surface area contributed by atoms with E-state index in [1.54, 1.807) is 56.5 Å². The maximum Gasteiger partial charge on any atom is 0.343 e. The lowest BCUT2D eigenvalue weighted by molar-refractivity contribution is -0.138. The van der Waals surface area contributed by atoms with Gasteiger partial charge in [0.1, 0.15) is 11.3 Å². The molecule has 0 atom stereocenters. The van der Waals surface area contributed by atoms with Gasteiger partial charge in [-0.3, -0.25) is 4.79 Å². The molecule has 0 amide bonds. The number of para-hydroxylation sites is 2. The van der Waals surface area contributed by atoms with Gasteiger partial charge in [0.05, 0.1) is 19.4 Å². The predicted octanol–water partition coefficient (Wildman–Crippen LogP) is 3.44. The lowest BCUT2D eigenvalue weighted by Gasteiger charge is -2.10. The molecule has 0 saturated carbocycles. The van der Waals surface area contributed by atoms with Gasteiger partial charge in [0, 0.05) is 11.8 Å². The minimum absolute atomic E-state index is 0.0750. The van der Waals surface area contributed by atoms with Crippen molar-refractivity contribution in [1.82, 2.24) is 0 Å². The molecule has 0 fully saturated rings. The predicted molar refractivity (Wildman–Crippen MR) is 92.1 cm³/mol. The summed E-state index contributed by atoms with van der Waals surface area (Å²) in [4.78, 5) is 24.7. The first-order chi connectivity index (χ1) is 11.7. The number of ketones is 1. The Kier molecular flexibility index (Phi) is 6.14. The second-order valence-electron chi connectivity index (χ2n) is 4.82. The molecule has 0 aliphatic heterocycles. The first-order valence-corrected chi connectivity index (χ1v) is 7.54. The summed E-state index contributed by atoms with van der Waals surface area (Å²) in [5, 5.41) is 2.95. The van der Waals surface area contributed by atoms with Gasteiger partial charge >= 0.3 is 5.97 Å². The van der Waals surface area contributed by atoms with Crippen LogP contribution >= 0.6 is 0 Å². The maximum absolute atomic E-state index is 12.6. The van der Waals surface area contributed by atoms with Crippen LogP contribution in [0.25, 0.3) is 0 Å². The Morgan fingerprint density at radius 2 is 1.71 bits per heavy atom. The van der Waals surface area contributed by atoms with Crippen LogP contribution < -0.4 is 10.1 Å². The zero-order valence-corrected chi connectivity index (χ0v) is 13.6. The number of ether oxygens (including phenoxy) is 2. The number of nitrogens with one attached hydrogen (secondary N) is 1. The Bertz CT molecular complexity index is 738. The van der Waals surface area contributed by atoms with Crippen LogP contribution in [-0.4, -0.2) is 25.5 Å². The number of hydrogen-bond acceptors (Lipinski definition) is 5. The zero-order chi connectivity index (χ0) is 17.4. The van der Waals surface area contributed by atoms with E-state index in [9.17, 15) is 9.59 Å². The summed E-state index contributed by atoms with van der Waals surface area (Å²) in [6.45, 7) is 1.88. The van der Waals surface area contributed by atoms with Gasteiger partial charge < -0.3 is 14.8 Å². The molecule has 5 heteroatoms. The average molecular weight is 325 g/mol. The fraction of sp³-hybridized carbons (Fsp3) is 0.158. The number of esters is 1. The normalized spacial score (nSPS) is 10.8. The molecule has 5 nitrogen and oxygen atoms in total. The monoisotopic (exact) mass is 325 g/mol. The van der Waals surface area contributed by atoms with Crippen LogP contribution in [0.15, 0.2) is 66.4 Å². The summed E-state index contributed by atoms with van der Waals surface area (Å²) in [7, 11) is 1.55. The summed E-state index contributed by atoms with van der Waals surface area (Å²) < 4.78 is 10.2. The van der Waals surface area contributed by atoms with Crippen LogP contribution in [0.3, 0.4) is 0 Å². The van der Waals surface area contributed by atoms with E-state index in [1.165, 1.54) is 6.20 Å². The molecule has 0 aliphatic carbocycles. The molecule has 0 radical (unpaired) electrons. The highest BCUT2D eigenvalue weighted by atomic mass is 16.5. The van der Waals surface area contributed by atoms with Crippen LogP contribution in [0.5, 0.6) is 5.75 Å². The summed E-state index contributed by atoms with van der Waals surface area (Å²) in [6.07, 6.45) is 1.35. The van der Waals surface area contributed by atoms with E-state index in [1.807, 2.05) is 12.1 Å². The summed E-state index contributed by atoms with van der Waals surface area (Å²) in [5.74, 6) is -0.477. The minimum atomic E-state index is -0.672. The number of Topliss-reactive ketones (excluding diaryl/α,β-unsaturated/α-hetero) is 1. The summed E-state index contributed by atoms with van der Waals surface area (Å²) in [6, 6.07) is 15.8. The van der Waals surface area contributed by atoms with Crippen molar-refractivity contribution in [3.8, 4) is 5.75 Å². The number of methoxy groups -OCH3 is 1. The zero-order valence-electron chi connectivity index (χ0n) is 13.6. The lowest BCUT2D eigenvalue weighted by atomic mass is 10.0. The lowest BCUT2D eigenvalue weighted by Crippen LogP contribution is -2.17. The fourth-order valence-corrected chi connectivity index (χ4v) is 2.08. The quantitative estimate of drug-likeness (QED) is 0.278. The van der Waals surface area contributed by atoms with E-state index in [2.05, 4.69) is 5.32 Å². The topological polar surface area (TPSA) is 64.6 Å². The van der Waals surface area contributed by atoms with E-state index in [0.717, 1.165) is 0 Å². The van der Waals surface area contributed by atoms with Gasteiger partial charge in [0.25, 0.3) is 0 Å². The number of carbonyl (C=O) groups is 2. The number of benzene rings is 2. The highest BCUT2D eigenvalue weighted by molar-refractivity contribution is 6.24. The third-order valence-corrected chi connectivity index (χ3v) is 3.25. The molecule has 0 saturated heterocycles. The standard InChI is InChI=1S/C19H19NO4/c1-3-24-19(22)15(18(21)14-9-5-4-6-10-14)13-20-16-11-7-8-12-17(16)23-2/h4-13,20H,3H2,1-2H3/b15-13-. The fourth-order valence-electron chi connectivity index (χ4n) is 2.08. The first kappa shape index (κ1) is 17.3. The van der Waals surface area contributed by atoms with Crippen molar-refractivity contribution in [2.45, 2.75) is 6.92 Å². The van der Waals surface area contributed by atoms with E-state index in [4.69, 9.17) is 9.47 Å². The molecule has 0 unspecified atom stereocenters. The number of carbonyl (C=O) groups excluding carboxylic acids is 2. The van der Waals surface area contributed by atoms with Crippen molar-refractivity contribution in [2.75, 3.05) is 19.0 Å². The van der Waals surface area contributed by atoms with Crippen LogP contribution in [0.1, 0.15) is 17.3 Å². The van der Waals surface area contributed by atoms with Crippen molar-refractivity contribution in [3.05, 3.63) is 71.9 Å². The van der Waals surface area contributed by atoms with Crippen molar-refractivity contribution in [1.29, 1.82) is 0 Å². The number of hydrogen-bond donors (Lipinski definition) is 1. The molecule has 2 rings (SSSR count). The molecular weight excluding hydrogens is 306 g/mol. The average Bonchev–Trinajstić information content (AvgIpc) is 2.63. The van der Waals surface area contributed by atoms with Gasteiger partial charge in [-0.05, 0) is 19.1 Å². The van der Waals surface area contributed by atoms with Gasteiger partial charge in [-0.1, -0.05) is 42.5 Å². The largest absolute Gasteiger partial charge is 0.495 e. The molecule has 1 N–H and O–H groups in total. The minimum Gasteiger partial charge on any atom is -0.495 e. The van der Waals surface area contributed by atoms with Crippen LogP contribution in [0.4, 0.5) is 5.69 Å². The molecule has 124 valence electrons. The maximum atomic E-state index is 12.6. The third kappa shape index (κ3) is 4.23. The van der Waals surface area contributed by atoms with Crippen LogP contribution in [-0.2, 0) is 9.53 Å². The van der Waals surface area contributed by atoms with Gasteiger partial charge in [-0.15, -0.1) is 0 Å². The molecule has 2 aromatic carbocycles. The van der Waals surface area contributed by atoms with Crippen molar-refractivity contribution < 1.29 is 19.1 Å². The number of anilines is 1. The summed E-state index contributed by atoms with van der Waals surface area (Å²) in [5.41, 5.74) is 0.982. The Hall–Kier alpha value is -3.08. The first-order valence-electron chi connectivity index (χ1n) is 7.54. The Labute approximate surface area is 140 Å². The molecule has 2 aromatic rings. The van der Waals surface area contributed by atoms with E-state index in [-0.39, 0.29) is 12.2 Å². The highest BCUT2D eigenvalue weighted by Crippen LogP contribution is 2.23. The Balaban J connectivity index is 2.32. The Morgan fingerprint density at radius 1 is 1.04 bits per heavy atom. The molecule has 0 heterocycles. The SMILES string of the molecule is CCOC(=O)/C(=C\Nc1ccccc1OC)C(=O)c1ccccc1. The van der Waals surface area contributed by atoms with Gasteiger partial charge in [-0.25, -0.2) is 4.79 Å². The Morgan fingerprint density at radius 3 is 2.38 bits per heavy atom. The molecule has 0 bridgehead atoms. The van der Waals surface area contributed by atoms with E-state index < -0.39 is 11.8 Å². The molecular formula is C19H19NO4. The highest BCUT2D eigenvalue weighted by Gasteiger charge is 2.21. The molecule has 24 heavy (non-hydrogen) atoms. The van der Waals surface area contributed by atoms with Crippen molar-refractivity contribution in [2.24, 2.45) is 0 Å². The molecule has 0 aromatic heterocycles. The van der Waals surface area contributed by atoms with Gasteiger partial charge in [0.15, 0.2) is 0 Å². The van der Waals surface area contributed by atoms with Gasteiger partial charge in [0.2, 0.25) is 5.78 Å². The smallest absolute Gasteiger partial charge is 0.343 e. The van der Waals surface area contributed by atoms with Crippen LogP contribution in [0.2, 0.25) is 0 Å². The van der Waals surface area contributed by atoms with E-state index in [0.29, 0.717) is 17.0 Å². The molecule has 0 aliphatic rings. The third-order valence-electron chi connectivity index (χ3n) is 3.25. The van der Waals surface area contributed by atoms with E-state index >= 15 is 0 Å². The summed E-state index contributed by atoms with van der Waals surface area (Å²) >= 11 is 0. The second kappa shape index (κ2) is 8.53. The van der Waals surface area contributed by atoms with Crippen molar-refractivity contribution >= 4 is 17.4 Å².